The molecule has 1 atom stereocenters. The van der Waals surface area contributed by atoms with Gasteiger partial charge < -0.3 is 27.0 Å². The monoisotopic (exact) mass is 443 g/mol. The van der Waals surface area contributed by atoms with Gasteiger partial charge in [0.1, 0.15) is 23.8 Å². The fraction of sp³-hybridized carbons (Fsp3) is 0.440. The number of carbonyl (C=O) groups excluding carboxylic acids is 1. The predicted molar refractivity (Wildman–Crippen MR) is 128 cm³/mol. The highest BCUT2D eigenvalue weighted by Crippen LogP contribution is 2.20. The van der Waals surface area contributed by atoms with Crippen molar-refractivity contribution in [3.05, 3.63) is 60.2 Å². The minimum Gasteiger partial charge on any atom is -0.480 e. The number of para-hydroxylation sites is 1. The first kappa shape index (κ1) is 27.3. The first-order valence-electron chi connectivity index (χ1n) is 11.2. The first-order chi connectivity index (χ1) is 15.5. The second kappa shape index (κ2) is 16.9. The molecule has 7 heteroatoms. The number of rotatable bonds is 8. The number of carboxylic acid groups (broad SMARTS) is 1. The Bertz CT molecular complexity index is 748. The maximum atomic E-state index is 10.4. The highest BCUT2D eigenvalue weighted by Gasteiger charge is 2.09. The van der Waals surface area contributed by atoms with Gasteiger partial charge in [-0.15, -0.1) is 0 Å². The molecule has 0 amide bonds. The molecule has 0 unspecified atom stereocenters. The van der Waals surface area contributed by atoms with Crippen LogP contribution in [0.1, 0.15) is 61.7 Å². The van der Waals surface area contributed by atoms with Crippen molar-refractivity contribution in [3.8, 4) is 11.5 Å². The van der Waals surface area contributed by atoms with Crippen LogP contribution < -0.4 is 21.9 Å². The lowest BCUT2D eigenvalue weighted by molar-refractivity contribution is -0.138. The van der Waals surface area contributed by atoms with Crippen LogP contribution in [0.3, 0.4) is 0 Å². The Morgan fingerprint density at radius 2 is 1.59 bits per heavy atom. The number of carbonyl (C=O) groups is 2. The van der Waals surface area contributed by atoms with Gasteiger partial charge in [0.2, 0.25) is 0 Å². The number of ether oxygens (including phenoxy) is 1. The molecule has 1 fully saturated rings. The summed E-state index contributed by atoms with van der Waals surface area (Å²) in [7, 11) is 0. The van der Waals surface area contributed by atoms with Gasteiger partial charge in [0.15, 0.2) is 0 Å². The largest absolute Gasteiger partial charge is 0.480 e. The molecule has 0 saturated heterocycles. The zero-order chi connectivity index (χ0) is 23.6. The highest BCUT2D eigenvalue weighted by atomic mass is 16.5. The Kier molecular flexibility index (Phi) is 14.4. The van der Waals surface area contributed by atoms with E-state index >= 15 is 0 Å². The Balaban J connectivity index is 0.000000261. The van der Waals surface area contributed by atoms with Gasteiger partial charge in [-0.3, -0.25) is 9.59 Å². The molecule has 0 spiro atoms. The number of nitrogens with two attached hydrogens (primary N) is 3. The number of unbranched alkanes of at least 4 members (excludes halogenated alkanes) is 1. The molecule has 0 aromatic heterocycles. The molecular weight excluding hydrogens is 406 g/mol. The summed E-state index contributed by atoms with van der Waals surface area (Å²) in [6.07, 6.45) is 9.64. The van der Waals surface area contributed by atoms with E-state index in [2.05, 4.69) is 0 Å². The number of aldehydes is 1. The van der Waals surface area contributed by atoms with Crippen LogP contribution in [0.25, 0.3) is 0 Å². The topological polar surface area (TPSA) is 142 Å². The third-order valence-corrected chi connectivity index (χ3v) is 4.93. The summed E-state index contributed by atoms with van der Waals surface area (Å²) >= 11 is 0. The van der Waals surface area contributed by atoms with Crippen LogP contribution in [-0.4, -0.2) is 36.0 Å². The molecule has 0 aliphatic heterocycles. The standard InChI is InChI=1S/C13H10O2.C6H14N2O2.C6H13N/c14-10-11-6-8-13(9-7-11)15-12-4-2-1-3-5-12;7-4-2-1-3-5(8)6(9)10;7-6-4-2-1-3-5-6/h1-10H;5H,1-4,7-8H2,(H,9,10);6H,1-5,7H2/t;5-;/m.0./s1. The number of aliphatic carboxylic acids is 1. The fourth-order valence-corrected chi connectivity index (χ4v) is 3.01. The van der Waals surface area contributed by atoms with Crippen molar-refractivity contribution < 1.29 is 19.4 Å². The van der Waals surface area contributed by atoms with Crippen molar-refractivity contribution in [1.29, 1.82) is 0 Å². The van der Waals surface area contributed by atoms with Crippen molar-refractivity contribution in [2.24, 2.45) is 17.2 Å². The van der Waals surface area contributed by atoms with E-state index < -0.39 is 12.0 Å². The third kappa shape index (κ3) is 12.8. The van der Waals surface area contributed by atoms with Gasteiger partial charge in [-0.2, -0.15) is 0 Å². The minimum absolute atomic E-state index is 0.520. The van der Waals surface area contributed by atoms with E-state index in [4.69, 9.17) is 27.0 Å². The molecule has 0 radical (unpaired) electrons. The van der Waals surface area contributed by atoms with Crippen molar-refractivity contribution in [2.45, 2.75) is 63.5 Å². The summed E-state index contributed by atoms with van der Waals surface area (Å²) in [5, 5.41) is 8.33. The van der Waals surface area contributed by atoms with E-state index in [1.165, 1.54) is 32.1 Å². The number of benzene rings is 2. The van der Waals surface area contributed by atoms with Gasteiger partial charge in [-0.25, -0.2) is 0 Å². The van der Waals surface area contributed by atoms with E-state index in [1.807, 2.05) is 30.3 Å². The van der Waals surface area contributed by atoms with Gasteiger partial charge in [0.05, 0.1) is 0 Å². The smallest absolute Gasteiger partial charge is 0.320 e. The molecule has 3 rings (SSSR count). The van der Waals surface area contributed by atoms with Crippen molar-refractivity contribution in [2.75, 3.05) is 6.54 Å². The zero-order valence-corrected chi connectivity index (χ0v) is 18.7. The summed E-state index contributed by atoms with van der Waals surface area (Å²) in [5.74, 6) is 0.583. The van der Waals surface area contributed by atoms with Crippen molar-refractivity contribution >= 4 is 12.3 Å². The SMILES string of the molecule is NC1CCCCC1.NCCCC[C@H](N)C(=O)O.O=Cc1ccc(Oc2ccccc2)cc1. The van der Waals surface area contributed by atoms with Crippen LogP contribution in [0.5, 0.6) is 11.5 Å². The molecule has 0 heterocycles. The van der Waals surface area contributed by atoms with Crippen molar-refractivity contribution in [3.63, 3.8) is 0 Å². The Hall–Kier alpha value is -2.74. The van der Waals surface area contributed by atoms with Crippen molar-refractivity contribution in [1.82, 2.24) is 0 Å². The quantitative estimate of drug-likeness (QED) is 0.355. The average molecular weight is 444 g/mol. The Morgan fingerprint density at radius 3 is 2.06 bits per heavy atom. The van der Waals surface area contributed by atoms with Gasteiger partial charge in [-0.1, -0.05) is 43.9 Å². The molecule has 32 heavy (non-hydrogen) atoms. The van der Waals surface area contributed by atoms with E-state index in [9.17, 15) is 9.59 Å². The van der Waals surface area contributed by atoms with Crippen LogP contribution in [-0.2, 0) is 4.79 Å². The zero-order valence-electron chi connectivity index (χ0n) is 18.7. The maximum Gasteiger partial charge on any atom is 0.320 e. The number of carboxylic acids is 1. The average Bonchev–Trinajstić information content (AvgIpc) is 2.82. The normalized spacial score (nSPS) is 14.1. The first-order valence-corrected chi connectivity index (χ1v) is 11.2. The van der Waals surface area contributed by atoms with Gasteiger partial charge >= 0.3 is 5.97 Å². The summed E-state index contributed by atoms with van der Waals surface area (Å²) in [5.41, 5.74) is 16.7. The molecule has 0 bridgehead atoms. The molecule has 7 N–H and O–H groups in total. The lowest BCUT2D eigenvalue weighted by atomic mass is 9.97. The van der Waals surface area contributed by atoms with E-state index in [1.54, 1.807) is 24.3 Å². The number of hydrogen-bond donors (Lipinski definition) is 4. The fourth-order valence-electron chi connectivity index (χ4n) is 3.01. The summed E-state index contributed by atoms with van der Waals surface area (Å²) < 4.78 is 5.56. The van der Waals surface area contributed by atoms with Crippen LogP contribution in [0.2, 0.25) is 0 Å². The third-order valence-electron chi connectivity index (χ3n) is 4.93. The summed E-state index contributed by atoms with van der Waals surface area (Å²) in [4.78, 5) is 20.6. The lowest BCUT2D eigenvalue weighted by Crippen LogP contribution is -2.29. The van der Waals surface area contributed by atoms with Gasteiger partial charge in [0, 0.05) is 11.6 Å². The molecule has 7 nitrogen and oxygen atoms in total. The lowest BCUT2D eigenvalue weighted by Gasteiger charge is -2.15. The van der Waals surface area contributed by atoms with Crippen LogP contribution in [0.15, 0.2) is 54.6 Å². The molecule has 1 saturated carbocycles. The molecule has 2 aromatic rings. The second-order valence-electron chi connectivity index (χ2n) is 7.73. The number of hydrogen-bond acceptors (Lipinski definition) is 6. The highest BCUT2D eigenvalue weighted by molar-refractivity contribution is 5.74. The van der Waals surface area contributed by atoms with Crippen LogP contribution in [0, 0.1) is 0 Å². The molecule has 2 aromatic carbocycles. The van der Waals surface area contributed by atoms with Gasteiger partial charge in [0.25, 0.3) is 0 Å². The van der Waals surface area contributed by atoms with E-state index in [-0.39, 0.29) is 0 Å². The minimum atomic E-state index is -0.933. The predicted octanol–water partition coefficient (Wildman–Crippen LogP) is 4.10. The molecule has 1 aliphatic rings. The van der Waals surface area contributed by atoms with Crippen LogP contribution in [0.4, 0.5) is 0 Å². The summed E-state index contributed by atoms with van der Waals surface area (Å²) in [6, 6.07) is 16.3. The molecule has 176 valence electrons. The van der Waals surface area contributed by atoms with Gasteiger partial charge in [-0.05, 0) is 68.6 Å². The van der Waals surface area contributed by atoms with E-state index in [0.717, 1.165) is 30.6 Å². The maximum absolute atomic E-state index is 10.4. The molecular formula is C25H37N3O4. The summed E-state index contributed by atoms with van der Waals surface area (Å²) in [6.45, 7) is 0.604. The second-order valence-corrected chi connectivity index (χ2v) is 7.73. The Morgan fingerprint density at radius 1 is 1.00 bits per heavy atom. The Labute approximate surface area is 190 Å². The molecule has 1 aliphatic carbocycles. The van der Waals surface area contributed by atoms with Crippen LogP contribution >= 0.6 is 0 Å². The van der Waals surface area contributed by atoms with E-state index in [0.29, 0.717) is 24.6 Å².